The molecule has 0 saturated heterocycles. The molecule has 0 saturated carbocycles. The first-order valence-electron chi connectivity index (χ1n) is 10.2. The minimum absolute atomic E-state index is 0.0217. The molecule has 0 radical (unpaired) electrons. The van der Waals surface area contributed by atoms with Gasteiger partial charge >= 0.3 is 0 Å². The van der Waals surface area contributed by atoms with Gasteiger partial charge in [-0.2, -0.15) is 0 Å². The molecule has 0 bridgehead atoms. The number of anilines is 1. The molecular weight excluding hydrogens is 461 g/mol. The van der Waals surface area contributed by atoms with Gasteiger partial charge in [-0.15, -0.1) is 0 Å². The van der Waals surface area contributed by atoms with Crippen LogP contribution in [-0.4, -0.2) is 36.4 Å². The van der Waals surface area contributed by atoms with Crippen LogP contribution in [0.3, 0.4) is 0 Å². The van der Waals surface area contributed by atoms with Gasteiger partial charge in [0.05, 0.1) is 34.5 Å². The Bertz CT molecular complexity index is 1030. The Morgan fingerprint density at radius 3 is 2.66 bits per heavy atom. The lowest BCUT2D eigenvalue weighted by Crippen LogP contribution is -2.36. The lowest BCUT2D eigenvalue weighted by atomic mass is 10.1. The molecule has 3 rings (SSSR count). The third-order valence-corrected chi connectivity index (χ3v) is 5.92. The molecule has 0 aliphatic carbocycles. The maximum absolute atomic E-state index is 14.3. The van der Waals surface area contributed by atoms with E-state index in [4.69, 9.17) is 27.9 Å². The zero-order chi connectivity index (χ0) is 23.4. The molecule has 5 nitrogen and oxygen atoms in total. The topological polar surface area (TPSA) is 61.8 Å². The van der Waals surface area contributed by atoms with Crippen molar-refractivity contribution in [2.75, 3.05) is 18.1 Å². The average Bonchev–Trinajstić information content (AvgIpc) is 3.05. The van der Waals surface area contributed by atoms with Crippen LogP contribution in [0.25, 0.3) is 0 Å². The minimum Gasteiger partial charge on any atom is -0.493 e. The fraction of sp³-hybridized carbons (Fsp3) is 0.348. The number of halogens is 4. The molecule has 2 N–H and O–H groups in total. The van der Waals surface area contributed by atoms with Crippen molar-refractivity contribution in [2.24, 2.45) is 0 Å². The summed E-state index contributed by atoms with van der Waals surface area (Å²) in [7, 11) is 0. The number of benzene rings is 2. The Balaban J connectivity index is 1.69. The monoisotopic (exact) mass is 484 g/mol. The summed E-state index contributed by atoms with van der Waals surface area (Å²) in [5, 5.41) is 14.5. The van der Waals surface area contributed by atoms with Crippen LogP contribution in [0.5, 0.6) is 0 Å². The van der Waals surface area contributed by atoms with E-state index in [0.29, 0.717) is 22.9 Å². The molecule has 2 unspecified atom stereocenters. The Labute approximate surface area is 195 Å². The molecule has 32 heavy (non-hydrogen) atoms. The van der Waals surface area contributed by atoms with E-state index in [1.54, 1.807) is 19.1 Å². The summed E-state index contributed by atoms with van der Waals surface area (Å²) in [5.41, 5.74) is 1.17. The maximum Gasteiger partial charge on any atom is 0.252 e. The maximum atomic E-state index is 14.3. The van der Waals surface area contributed by atoms with E-state index in [9.17, 15) is 18.7 Å². The van der Waals surface area contributed by atoms with Crippen LogP contribution in [0.1, 0.15) is 25.8 Å². The van der Waals surface area contributed by atoms with Crippen molar-refractivity contribution in [1.29, 1.82) is 0 Å². The quantitative estimate of drug-likeness (QED) is 0.562. The van der Waals surface area contributed by atoms with Crippen LogP contribution in [0.15, 0.2) is 47.7 Å². The number of aliphatic hydroxyl groups is 1. The number of ether oxygens (including phenoxy) is 1. The van der Waals surface area contributed by atoms with Crippen molar-refractivity contribution >= 4 is 34.8 Å². The summed E-state index contributed by atoms with van der Waals surface area (Å²) in [6.07, 6.45) is -0.0485. The second-order valence-electron chi connectivity index (χ2n) is 7.53. The number of hydrogen-bond donors (Lipinski definition) is 2. The van der Waals surface area contributed by atoms with Crippen LogP contribution >= 0.6 is 23.2 Å². The van der Waals surface area contributed by atoms with Crippen LogP contribution in [0.2, 0.25) is 10.0 Å². The molecule has 1 aliphatic heterocycles. The number of nitrogens with one attached hydrogen (secondary N) is 1. The van der Waals surface area contributed by atoms with E-state index >= 15 is 0 Å². The number of carbonyl (C=O) groups is 1. The zero-order valence-corrected chi connectivity index (χ0v) is 19.2. The number of nitrogens with zero attached hydrogens (tertiary/aromatic N) is 1. The van der Waals surface area contributed by atoms with Gasteiger partial charge in [0, 0.05) is 12.1 Å². The van der Waals surface area contributed by atoms with E-state index < -0.39 is 23.8 Å². The van der Waals surface area contributed by atoms with Crippen LogP contribution in [0, 0.1) is 11.6 Å². The molecule has 9 heteroatoms. The Hall–Kier alpha value is -2.35. The SMILES string of the molecule is CCOC1=C(C(=O)NC(C)CCc2ccc(Cl)c(Cl)c2)CN(c2ccc(F)cc2F)C1O. The standard InChI is InChI=1S/C23H24Cl2F2N2O3/c1-3-32-21-16(12-29(23(21)31)20-9-7-15(26)11-19(20)27)22(30)28-13(2)4-5-14-6-8-17(24)18(25)10-14/h6-11,13,23,31H,3-5,12H2,1-2H3,(H,28,30). The van der Waals surface area contributed by atoms with Gasteiger partial charge in [-0.3, -0.25) is 4.79 Å². The van der Waals surface area contributed by atoms with Crippen molar-refractivity contribution < 1.29 is 23.4 Å². The number of hydrogen-bond acceptors (Lipinski definition) is 4. The zero-order valence-electron chi connectivity index (χ0n) is 17.7. The summed E-state index contributed by atoms with van der Waals surface area (Å²) in [4.78, 5) is 14.2. The second kappa shape index (κ2) is 10.5. The van der Waals surface area contributed by atoms with Gasteiger partial charge in [0.15, 0.2) is 12.0 Å². The fourth-order valence-electron chi connectivity index (χ4n) is 3.53. The molecule has 0 fully saturated rings. The first-order chi connectivity index (χ1) is 15.2. The van der Waals surface area contributed by atoms with Gasteiger partial charge in [0.2, 0.25) is 0 Å². The average molecular weight is 485 g/mol. The van der Waals surface area contributed by atoms with Gasteiger partial charge in [0.25, 0.3) is 5.91 Å². The van der Waals surface area contributed by atoms with Crippen molar-refractivity contribution in [3.05, 3.63) is 75.0 Å². The normalized spacial score (nSPS) is 17.0. The number of rotatable bonds is 8. The van der Waals surface area contributed by atoms with E-state index in [-0.39, 0.29) is 36.2 Å². The molecule has 1 aliphatic rings. The third-order valence-electron chi connectivity index (χ3n) is 5.18. The molecule has 1 heterocycles. The lowest BCUT2D eigenvalue weighted by Gasteiger charge is -2.24. The first kappa shape index (κ1) is 24.3. The van der Waals surface area contributed by atoms with Gasteiger partial charge in [-0.25, -0.2) is 8.78 Å². The van der Waals surface area contributed by atoms with Crippen LogP contribution < -0.4 is 10.2 Å². The van der Waals surface area contributed by atoms with Crippen LogP contribution in [-0.2, 0) is 16.0 Å². The largest absolute Gasteiger partial charge is 0.493 e. The Morgan fingerprint density at radius 2 is 2.00 bits per heavy atom. The first-order valence-corrected chi connectivity index (χ1v) is 11.0. The molecule has 0 spiro atoms. The highest BCUT2D eigenvalue weighted by Crippen LogP contribution is 2.32. The number of carbonyl (C=O) groups excluding carboxylic acids is 1. The second-order valence-corrected chi connectivity index (χ2v) is 8.35. The fourth-order valence-corrected chi connectivity index (χ4v) is 3.85. The molecule has 2 atom stereocenters. The van der Waals surface area contributed by atoms with Crippen molar-refractivity contribution in [1.82, 2.24) is 5.32 Å². The highest BCUT2D eigenvalue weighted by Gasteiger charge is 2.37. The summed E-state index contributed by atoms with van der Waals surface area (Å²) < 4.78 is 33.1. The summed E-state index contributed by atoms with van der Waals surface area (Å²) in [6.45, 7) is 3.72. The number of aryl methyl sites for hydroxylation is 1. The summed E-state index contributed by atoms with van der Waals surface area (Å²) in [5.74, 6) is -1.92. The third kappa shape index (κ3) is 5.52. The van der Waals surface area contributed by atoms with E-state index in [0.717, 1.165) is 17.7 Å². The van der Waals surface area contributed by atoms with E-state index in [1.807, 2.05) is 13.0 Å². The highest BCUT2D eigenvalue weighted by atomic mass is 35.5. The molecule has 2 aromatic carbocycles. The minimum atomic E-state index is -1.36. The lowest BCUT2D eigenvalue weighted by molar-refractivity contribution is -0.118. The molecule has 0 aromatic heterocycles. The predicted molar refractivity (Wildman–Crippen MR) is 121 cm³/mol. The highest BCUT2D eigenvalue weighted by molar-refractivity contribution is 6.42. The van der Waals surface area contributed by atoms with E-state index in [2.05, 4.69) is 5.32 Å². The van der Waals surface area contributed by atoms with Gasteiger partial charge in [-0.05, 0) is 56.5 Å². The van der Waals surface area contributed by atoms with Crippen molar-refractivity contribution in [3.63, 3.8) is 0 Å². The van der Waals surface area contributed by atoms with Gasteiger partial charge < -0.3 is 20.1 Å². The number of aliphatic hydroxyl groups excluding tert-OH is 1. The van der Waals surface area contributed by atoms with E-state index in [1.165, 1.54) is 11.0 Å². The van der Waals surface area contributed by atoms with Crippen molar-refractivity contribution in [2.45, 2.75) is 39.0 Å². The molecule has 2 aromatic rings. The molecule has 1 amide bonds. The molecular formula is C23H24Cl2F2N2O3. The molecule has 172 valence electrons. The summed E-state index contributed by atoms with van der Waals surface area (Å²) in [6, 6.07) is 8.24. The Kier molecular flexibility index (Phi) is 7.98. The van der Waals surface area contributed by atoms with Crippen molar-refractivity contribution in [3.8, 4) is 0 Å². The van der Waals surface area contributed by atoms with Gasteiger partial charge in [-0.1, -0.05) is 29.3 Å². The predicted octanol–water partition coefficient (Wildman–Crippen LogP) is 4.84. The smallest absolute Gasteiger partial charge is 0.252 e. The Morgan fingerprint density at radius 1 is 1.25 bits per heavy atom. The summed E-state index contributed by atoms with van der Waals surface area (Å²) >= 11 is 12.0. The van der Waals surface area contributed by atoms with Crippen LogP contribution in [0.4, 0.5) is 14.5 Å². The number of amides is 1. The van der Waals surface area contributed by atoms with Gasteiger partial charge in [0.1, 0.15) is 11.6 Å².